The van der Waals surface area contributed by atoms with E-state index in [1.165, 1.54) is 6.07 Å². The van der Waals surface area contributed by atoms with Gasteiger partial charge in [0.2, 0.25) is 5.78 Å². The number of benzene rings is 2. The number of fused-ring (bicyclic) bond motifs is 1. The standard InChI is InChI=1S/C25H19F3N6.C2H6/c26-25(27,28)19-8-4-7-17(13-19)22-23(34-12-10-20(29)32-24(34)33-22)18-9-11-30-21(14-18)31-15-16-5-2-1-3-6-16;1-2/h1-14H,15H2,(H,30,31)(H2,29,32,33);1-2H3. The number of pyridine rings is 1. The van der Waals surface area contributed by atoms with Crippen molar-refractivity contribution >= 4 is 17.4 Å². The minimum atomic E-state index is -4.47. The molecule has 0 unspecified atom stereocenters. The number of anilines is 2. The summed E-state index contributed by atoms with van der Waals surface area (Å²) in [5.41, 5.74) is 8.17. The van der Waals surface area contributed by atoms with Gasteiger partial charge in [-0.2, -0.15) is 18.2 Å². The van der Waals surface area contributed by atoms with Gasteiger partial charge in [0.25, 0.3) is 0 Å². The fourth-order valence-corrected chi connectivity index (χ4v) is 3.73. The number of nitrogens with two attached hydrogens (primary N) is 1. The number of rotatable bonds is 5. The van der Waals surface area contributed by atoms with Crippen molar-refractivity contribution in [2.24, 2.45) is 0 Å². The third-order valence-electron chi connectivity index (χ3n) is 5.33. The molecule has 5 rings (SSSR count). The van der Waals surface area contributed by atoms with Gasteiger partial charge in [-0.3, -0.25) is 4.40 Å². The van der Waals surface area contributed by atoms with Gasteiger partial charge in [-0.05, 0) is 35.9 Å². The quantitative estimate of drug-likeness (QED) is 0.287. The first-order chi connectivity index (χ1) is 17.4. The van der Waals surface area contributed by atoms with Gasteiger partial charge in [-0.25, -0.2) is 9.97 Å². The van der Waals surface area contributed by atoms with Crippen LogP contribution in [0.2, 0.25) is 0 Å². The Kier molecular flexibility index (Phi) is 7.19. The topological polar surface area (TPSA) is 81.1 Å². The molecule has 6 nitrogen and oxygen atoms in total. The Morgan fingerprint density at radius 2 is 1.67 bits per heavy atom. The van der Waals surface area contributed by atoms with E-state index in [0.29, 0.717) is 29.3 Å². The molecule has 0 spiro atoms. The second-order valence-electron chi connectivity index (χ2n) is 7.68. The van der Waals surface area contributed by atoms with Gasteiger partial charge in [-0.15, -0.1) is 0 Å². The highest BCUT2D eigenvalue weighted by molar-refractivity contribution is 5.82. The molecule has 0 radical (unpaired) electrons. The normalized spacial score (nSPS) is 11.1. The summed E-state index contributed by atoms with van der Waals surface area (Å²) in [5.74, 6) is 1.17. The van der Waals surface area contributed by atoms with Crippen molar-refractivity contribution in [2.75, 3.05) is 11.1 Å². The second-order valence-corrected chi connectivity index (χ2v) is 7.68. The van der Waals surface area contributed by atoms with Crippen molar-refractivity contribution in [1.82, 2.24) is 19.4 Å². The average molecular weight is 491 g/mol. The predicted octanol–water partition coefficient (Wildman–Crippen LogP) is 6.70. The van der Waals surface area contributed by atoms with Crippen LogP contribution >= 0.6 is 0 Å². The molecule has 0 amide bonds. The van der Waals surface area contributed by atoms with Gasteiger partial charge in [0.15, 0.2) is 0 Å². The largest absolute Gasteiger partial charge is 0.416 e. The van der Waals surface area contributed by atoms with E-state index in [9.17, 15) is 13.2 Å². The molecule has 0 bridgehead atoms. The summed E-state index contributed by atoms with van der Waals surface area (Å²) in [7, 11) is 0. The Morgan fingerprint density at radius 3 is 2.42 bits per heavy atom. The molecule has 0 aliphatic heterocycles. The first-order valence-corrected chi connectivity index (χ1v) is 11.4. The van der Waals surface area contributed by atoms with E-state index in [4.69, 9.17) is 5.73 Å². The van der Waals surface area contributed by atoms with E-state index in [1.807, 2.05) is 50.2 Å². The van der Waals surface area contributed by atoms with Crippen LogP contribution < -0.4 is 11.1 Å². The van der Waals surface area contributed by atoms with Gasteiger partial charge in [0.05, 0.1) is 17.0 Å². The minimum absolute atomic E-state index is 0.264. The molecule has 0 aliphatic carbocycles. The Bertz CT molecular complexity index is 1460. The maximum Gasteiger partial charge on any atom is 0.416 e. The fourth-order valence-electron chi connectivity index (χ4n) is 3.73. The third-order valence-corrected chi connectivity index (χ3v) is 5.33. The van der Waals surface area contributed by atoms with Crippen LogP contribution in [0.3, 0.4) is 0 Å². The maximum absolute atomic E-state index is 13.4. The van der Waals surface area contributed by atoms with E-state index < -0.39 is 11.7 Å². The highest BCUT2D eigenvalue weighted by atomic mass is 19.4. The number of aromatic nitrogens is 4. The summed E-state index contributed by atoms with van der Waals surface area (Å²) in [6.07, 6.45) is -1.12. The number of hydrogen-bond acceptors (Lipinski definition) is 5. The van der Waals surface area contributed by atoms with E-state index in [1.54, 1.807) is 35.0 Å². The molecular formula is C27H25F3N6. The Morgan fingerprint density at radius 1 is 0.889 bits per heavy atom. The molecule has 0 atom stereocenters. The van der Waals surface area contributed by atoms with Crippen LogP contribution in [0.15, 0.2) is 85.2 Å². The number of nitrogens with zero attached hydrogens (tertiary/aromatic N) is 4. The zero-order valence-electron chi connectivity index (χ0n) is 19.8. The van der Waals surface area contributed by atoms with E-state index in [2.05, 4.69) is 20.3 Å². The average Bonchev–Trinajstić information content (AvgIpc) is 3.28. The number of imidazole rings is 1. The fraction of sp³-hybridized carbons (Fsp3) is 0.148. The SMILES string of the molecule is CC.Nc1ccn2c(-c3ccnc(NCc4ccccc4)c3)c(-c3cccc(C(F)(F)F)c3)nc2n1. The highest BCUT2D eigenvalue weighted by Gasteiger charge is 2.31. The minimum Gasteiger partial charge on any atom is -0.384 e. The van der Waals surface area contributed by atoms with Crippen LogP contribution in [0.4, 0.5) is 24.8 Å². The summed E-state index contributed by atoms with van der Waals surface area (Å²) in [6.45, 7) is 4.57. The van der Waals surface area contributed by atoms with Crippen LogP contribution in [0.1, 0.15) is 25.0 Å². The van der Waals surface area contributed by atoms with Crippen LogP contribution in [0.5, 0.6) is 0 Å². The zero-order chi connectivity index (χ0) is 25.7. The first-order valence-electron chi connectivity index (χ1n) is 11.4. The number of hydrogen-bond donors (Lipinski definition) is 2. The molecule has 0 fully saturated rings. The Hall–Kier alpha value is -4.40. The summed E-state index contributed by atoms with van der Waals surface area (Å²) in [6, 6.07) is 20.2. The molecular weight excluding hydrogens is 465 g/mol. The molecule has 5 aromatic rings. The number of nitrogen functional groups attached to an aromatic ring is 1. The summed E-state index contributed by atoms with van der Waals surface area (Å²) >= 11 is 0. The highest BCUT2D eigenvalue weighted by Crippen LogP contribution is 2.36. The molecule has 0 aliphatic rings. The molecule has 2 aromatic carbocycles. The molecule has 184 valence electrons. The Balaban J connectivity index is 0.00000148. The van der Waals surface area contributed by atoms with Crippen LogP contribution in [0.25, 0.3) is 28.3 Å². The molecule has 9 heteroatoms. The van der Waals surface area contributed by atoms with Crippen molar-refractivity contribution in [1.29, 1.82) is 0 Å². The van der Waals surface area contributed by atoms with Crippen molar-refractivity contribution in [2.45, 2.75) is 26.6 Å². The first kappa shape index (κ1) is 24.7. The van der Waals surface area contributed by atoms with Crippen molar-refractivity contribution in [3.8, 4) is 22.5 Å². The van der Waals surface area contributed by atoms with Crippen LogP contribution in [0, 0.1) is 0 Å². The third kappa shape index (κ3) is 5.30. The molecule has 3 N–H and O–H groups in total. The smallest absolute Gasteiger partial charge is 0.384 e. The maximum atomic E-state index is 13.4. The lowest BCUT2D eigenvalue weighted by Crippen LogP contribution is -2.04. The number of halogens is 3. The molecule has 0 saturated heterocycles. The van der Waals surface area contributed by atoms with Gasteiger partial charge >= 0.3 is 6.18 Å². The molecule has 0 saturated carbocycles. The lowest BCUT2D eigenvalue weighted by Gasteiger charge is -2.11. The number of alkyl halides is 3. The zero-order valence-corrected chi connectivity index (χ0v) is 19.8. The predicted molar refractivity (Wildman–Crippen MR) is 136 cm³/mol. The van der Waals surface area contributed by atoms with Gasteiger partial charge in [0.1, 0.15) is 11.6 Å². The lowest BCUT2D eigenvalue weighted by atomic mass is 10.0. The van der Waals surface area contributed by atoms with Gasteiger partial charge in [-0.1, -0.05) is 56.3 Å². The van der Waals surface area contributed by atoms with Gasteiger partial charge < -0.3 is 11.1 Å². The lowest BCUT2D eigenvalue weighted by molar-refractivity contribution is -0.137. The molecule has 3 heterocycles. The van der Waals surface area contributed by atoms with Crippen LogP contribution in [-0.2, 0) is 12.7 Å². The van der Waals surface area contributed by atoms with E-state index >= 15 is 0 Å². The molecule has 36 heavy (non-hydrogen) atoms. The van der Waals surface area contributed by atoms with Crippen molar-refractivity contribution < 1.29 is 13.2 Å². The van der Waals surface area contributed by atoms with Gasteiger partial charge in [0, 0.05) is 30.1 Å². The second kappa shape index (κ2) is 10.5. The summed E-state index contributed by atoms with van der Waals surface area (Å²) < 4.78 is 41.8. The van der Waals surface area contributed by atoms with Crippen LogP contribution in [-0.4, -0.2) is 19.4 Å². The Labute approximate surface area is 206 Å². The molecule has 3 aromatic heterocycles. The summed E-state index contributed by atoms with van der Waals surface area (Å²) in [5, 5.41) is 3.28. The van der Waals surface area contributed by atoms with E-state index in [-0.39, 0.29) is 11.6 Å². The monoisotopic (exact) mass is 490 g/mol. The number of nitrogens with one attached hydrogen (secondary N) is 1. The summed E-state index contributed by atoms with van der Waals surface area (Å²) in [4.78, 5) is 13.2. The van der Waals surface area contributed by atoms with E-state index in [0.717, 1.165) is 23.3 Å². The van der Waals surface area contributed by atoms with Crippen molar-refractivity contribution in [3.63, 3.8) is 0 Å². The van der Waals surface area contributed by atoms with Crippen molar-refractivity contribution in [3.05, 3.63) is 96.3 Å².